The molecule has 5 atom stereocenters. The number of carboxylic acid groups (broad SMARTS) is 5. The molecule has 2 rings (SSSR count). The van der Waals surface area contributed by atoms with Crippen LogP contribution in [0.25, 0.3) is 10.8 Å². The van der Waals surface area contributed by atoms with Crippen LogP contribution in [0.4, 0.5) is 14.4 Å². The summed E-state index contributed by atoms with van der Waals surface area (Å²) in [6, 6.07) is 4.28. The number of rotatable bonds is 30. The molecule has 0 spiro atoms. The number of hydrazine groups is 1. The van der Waals surface area contributed by atoms with Gasteiger partial charge in [-0.25, -0.2) is 34.2 Å². The third-order valence-corrected chi connectivity index (χ3v) is 11.8. The van der Waals surface area contributed by atoms with Crippen LogP contribution in [0.15, 0.2) is 42.5 Å². The molecule has 12 N–H and O–H groups in total. The van der Waals surface area contributed by atoms with Crippen LogP contribution in [0.3, 0.4) is 0 Å². The molecule has 0 saturated heterocycles. The van der Waals surface area contributed by atoms with Gasteiger partial charge >= 0.3 is 48.0 Å². The number of amides is 7. The Morgan fingerprint density at radius 2 is 1.25 bits per heavy atom. The summed E-state index contributed by atoms with van der Waals surface area (Å²) in [4.78, 5) is 134. The highest BCUT2D eigenvalue weighted by atomic mass is 33.1. The van der Waals surface area contributed by atoms with Crippen LogP contribution in [0, 0.1) is 11.8 Å². The van der Waals surface area contributed by atoms with Crippen molar-refractivity contribution in [3.63, 3.8) is 0 Å². The van der Waals surface area contributed by atoms with Gasteiger partial charge in [0.1, 0.15) is 24.7 Å². The highest BCUT2D eigenvalue weighted by molar-refractivity contribution is 8.76. The first-order valence-electron chi connectivity index (χ1n) is 20.7. The number of ether oxygens (including phenoxy) is 1. The van der Waals surface area contributed by atoms with E-state index in [2.05, 4.69) is 32.1 Å². The van der Waals surface area contributed by atoms with Crippen molar-refractivity contribution in [2.45, 2.75) is 89.4 Å². The van der Waals surface area contributed by atoms with Crippen molar-refractivity contribution < 1.29 is 83.0 Å². The van der Waals surface area contributed by atoms with E-state index in [4.69, 9.17) is 9.84 Å². The Balaban J connectivity index is 2.06. The fourth-order valence-corrected chi connectivity index (χ4v) is 7.82. The van der Waals surface area contributed by atoms with Crippen LogP contribution >= 0.6 is 21.6 Å². The second-order valence-corrected chi connectivity index (χ2v) is 17.7. The lowest BCUT2D eigenvalue weighted by Crippen LogP contribution is -2.51. The number of carboxylic acids is 5. The Labute approximate surface area is 391 Å². The number of aliphatic carboxylic acids is 5. The predicted molar refractivity (Wildman–Crippen MR) is 241 cm³/mol. The first-order chi connectivity index (χ1) is 31.7. The molecule has 0 fully saturated rings. The monoisotopic (exact) mass is 981 g/mol. The summed E-state index contributed by atoms with van der Waals surface area (Å²) in [6.45, 7) is 3.03. The summed E-state index contributed by atoms with van der Waals surface area (Å²) in [5, 5.41) is 60.1. The Bertz CT molecular complexity index is 2090. The van der Waals surface area contributed by atoms with Gasteiger partial charge in [-0.3, -0.25) is 29.4 Å². The van der Waals surface area contributed by atoms with Gasteiger partial charge in [0.15, 0.2) is 5.78 Å². The van der Waals surface area contributed by atoms with Crippen LogP contribution in [-0.2, 0) is 49.5 Å². The molecule has 7 amide bonds. The summed E-state index contributed by atoms with van der Waals surface area (Å²) in [6.07, 6.45) is -3.49. The third kappa shape index (κ3) is 22.8. The van der Waals surface area contributed by atoms with Gasteiger partial charge in [-0.05, 0) is 48.4 Å². The molecule has 26 heteroatoms. The van der Waals surface area contributed by atoms with Gasteiger partial charge in [-0.1, -0.05) is 77.9 Å². The van der Waals surface area contributed by atoms with E-state index < -0.39 is 121 Å². The summed E-state index contributed by atoms with van der Waals surface area (Å²) in [5.74, 6) is -10.8. The molecule has 2 aromatic rings. The highest BCUT2D eigenvalue weighted by Crippen LogP contribution is 2.24. The maximum atomic E-state index is 13.8. The summed E-state index contributed by atoms with van der Waals surface area (Å²) < 4.78 is 4.95. The second kappa shape index (κ2) is 29.7. The zero-order valence-electron chi connectivity index (χ0n) is 36.4. The molecular weight excluding hydrogens is 927 g/mol. The lowest BCUT2D eigenvalue weighted by molar-refractivity contribution is -0.142. The van der Waals surface area contributed by atoms with E-state index in [0.29, 0.717) is 5.56 Å². The van der Waals surface area contributed by atoms with Crippen molar-refractivity contribution in [1.29, 1.82) is 0 Å². The minimum atomic E-state index is -1.65. The van der Waals surface area contributed by atoms with E-state index in [1.54, 1.807) is 38.1 Å². The van der Waals surface area contributed by atoms with E-state index >= 15 is 0 Å². The Morgan fingerprint density at radius 3 is 1.87 bits per heavy atom. The van der Waals surface area contributed by atoms with Gasteiger partial charge in [0.25, 0.3) is 0 Å². The molecule has 0 aliphatic heterocycles. The first-order valence-corrected chi connectivity index (χ1v) is 23.2. The standard InChI is InChI=1S/C41H55N7O17S2/c1-22(2)34(54)47-48-41(64)65-15-16-66-67-21-30(38(60)61)43-35(55)26(18-23-10-11-24-7-3-4-8-25(24)17-23)19-31(49)29(20-33(52)53)46-39(62)42-14-6-5-9-27(36(56)57)44-40(63)45-28(37(58)59)12-13-32(50)51/h3-4,7-8,10-11,17,22,26-30H,5-6,9,12-16,18-21H2,1-2H3,(H,43,55)(H,47,54)(H,48,64)(H,50,51)(H,52,53)(H,56,57)(H,58,59)(H,60,61)(H2,42,46,62)(H2,44,45,63)/t26-,27+,28+,29+,30+/m1/s1. The molecule has 0 bridgehead atoms. The molecule has 368 valence electrons. The fourth-order valence-electron chi connectivity index (χ4n) is 5.84. The lowest BCUT2D eigenvalue weighted by Gasteiger charge is -2.23. The molecule has 0 heterocycles. The molecule has 0 saturated carbocycles. The normalized spacial score (nSPS) is 13.1. The zero-order chi connectivity index (χ0) is 50.1. The van der Waals surface area contributed by atoms with Crippen molar-refractivity contribution in [2.24, 2.45) is 11.8 Å². The Hall–Kier alpha value is -6.83. The number of unbranched alkanes of at least 4 members (excludes halogenated alkanes) is 1. The van der Waals surface area contributed by atoms with Gasteiger partial charge in [-0.2, -0.15) is 0 Å². The van der Waals surface area contributed by atoms with Crippen LogP contribution in [0.2, 0.25) is 0 Å². The summed E-state index contributed by atoms with van der Waals surface area (Å²) in [5.41, 5.74) is 4.87. The number of Topliss-reactive ketones (excluding diaryl/α,β-unsaturated/α-hetero) is 1. The van der Waals surface area contributed by atoms with E-state index in [-0.39, 0.29) is 56.3 Å². The van der Waals surface area contributed by atoms with E-state index in [9.17, 15) is 73.2 Å². The molecule has 67 heavy (non-hydrogen) atoms. The predicted octanol–water partition coefficient (Wildman–Crippen LogP) is 1.71. The van der Waals surface area contributed by atoms with Gasteiger partial charge in [0.05, 0.1) is 12.5 Å². The molecular formula is C41H55N7O17S2. The first kappa shape index (κ1) is 56.3. The van der Waals surface area contributed by atoms with Crippen LogP contribution < -0.4 is 37.4 Å². The zero-order valence-corrected chi connectivity index (χ0v) is 38.1. The number of hydrogen-bond donors (Lipinski definition) is 12. The van der Waals surface area contributed by atoms with Crippen molar-refractivity contribution in [2.75, 3.05) is 24.7 Å². The average Bonchev–Trinajstić information content (AvgIpc) is 3.25. The molecule has 0 aliphatic rings. The highest BCUT2D eigenvalue weighted by Gasteiger charge is 2.32. The second-order valence-electron chi connectivity index (χ2n) is 15.0. The fraction of sp³-hybridized carbons (Fsp3) is 0.488. The van der Waals surface area contributed by atoms with Gasteiger partial charge in [0, 0.05) is 42.7 Å². The number of carbonyl (C=O) groups excluding carboxylic acids is 6. The number of hydrogen-bond acceptors (Lipinski definition) is 14. The number of benzene rings is 2. The van der Waals surface area contributed by atoms with Gasteiger partial charge < -0.3 is 56.9 Å². The van der Waals surface area contributed by atoms with Crippen LogP contribution in [-0.4, -0.2) is 140 Å². The third-order valence-electron chi connectivity index (χ3n) is 9.39. The van der Waals surface area contributed by atoms with Crippen molar-refractivity contribution >= 4 is 98.0 Å². The summed E-state index contributed by atoms with van der Waals surface area (Å²) in [7, 11) is 2.18. The van der Waals surface area contributed by atoms with E-state index in [0.717, 1.165) is 32.4 Å². The van der Waals surface area contributed by atoms with Crippen LogP contribution in [0.5, 0.6) is 0 Å². The average molecular weight is 982 g/mol. The molecule has 2 aromatic carbocycles. The van der Waals surface area contributed by atoms with Crippen molar-refractivity contribution in [3.05, 3.63) is 48.0 Å². The maximum Gasteiger partial charge on any atom is 0.426 e. The quantitative estimate of drug-likeness (QED) is 0.0301. The smallest absolute Gasteiger partial charge is 0.426 e. The summed E-state index contributed by atoms with van der Waals surface area (Å²) >= 11 is 0. The minimum absolute atomic E-state index is 0.0850. The SMILES string of the molecule is CC(C)C(=O)NNC(=O)OCCSSC[C@H](NC(=O)[C@@H](CC(=O)[C@H](CC(=O)O)NC(=O)NCCCC[C@H](NC(=O)N[C@@H](CCC(=O)O)C(=O)O)C(=O)O)Cc1ccc2ccccc2c1)C(=O)O. The van der Waals surface area contributed by atoms with Crippen molar-refractivity contribution in [3.8, 4) is 0 Å². The maximum absolute atomic E-state index is 13.8. The van der Waals surface area contributed by atoms with E-state index in [1.165, 1.54) is 0 Å². The van der Waals surface area contributed by atoms with Gasteiger partial charge in [0.2, 0.25) is 11.8 Å². The topological polar surface area (TPSA) is 382 Å². The van der Waals surface area contributed by atoms with Crippen LogP contribution in [0.1, 0.15) is 64.4 Å². The Kier molecular flexibility index (Phi) is 24.9. The number of nitrogens with one attached hydrogen (secondary N) is 7. The number of urea groups is 2. The molecule has 0 radical (unpaired) electrons. The van der Waals surface area contributed by atoms with Crippen molar-refractivity contribution in [1.82, 2.24) is 37.4 Å². The largest absolute Gasteiger partial charge is 0.481 e. The number of ketones is 1. The molecule has 0 aliphatic carbocycles. The Morgan fingerprint density at radius 1 is 0.627 bits per heavy atom. The molecule has 24 nitrogen and oxygen atoms in total. The number of carbonyl (C=O) groups is 11. The number of fused-ring (bicyclic) bond motifs is 1. The van der Waals surface area contributed by atoms with E-state index in [1.807, 2.05) is 23.5 Å². The van der Waals surface area contributed by atoms with Gasteiger partial charge in [-0.15, -0.1) is 0 Å². The lowest BCUT2D eigenvalue weighted by atomic mass is 9.89. The molecule has 0 unspecified atom stereocenters. The molecule has 0 aromatic heterocycles. The minimum Gasteiger partial charge on any atom is -0.481 e.